The van der Waals surface area contributed by atoms with Crippen LogP contribution in [0.15, 0.2) is 16.9 Å². The fourth-order valence-electron chi connectivity index (χ4n) is 2.62. The molecule has 0 bridgehead atoms. The molecule has 0 saturated carbocycles. The maximum absolute atomic E-state index is 5.77. The normalized spacial score (nSPS) is 16.8. The van der Waals surface area contributed by atoms with Crippen LogP contribution in [0, 0.1) is 19.8 Å². The number of aromatic nitrogens is 4. The number of ether oxygens (including phenoxy) is 1. The van der Waals surface area contributed by atoms with Crippen LogP contribution in [0.4, 0.5) is 0 Å². The minimum absolute atomic E-state index is 0.566. The lowest BCUT2D eigenvalue weighted by Gasteiger charge is -2.30. The Balaban J connectivity index is 1.42. The highest BCUT2D eigenvalue weighted by molar-refractivity contribution is 5.11. The van der Waals surface area contributed by atoms with Crippen molar-refractivity contribution in [3.05, 3.63) is 29.8 Å². The molecule has 0 unspecified atom stereocenters. The first kappa shape index (κ1) is 14.9. The average molecular weight is 303 g/mol. The highest BCUT2D eigenvalue weighted by atomic mass is 16.5. The van der Waals surface area contributed by atoms with Gasteiger partial charge in [-0.1, -0.05) is 5.16 Å². The van der Waals surface area contributed by atoms with Crippen LogP contribution in [0.5, 0.6) is 5.88 Å². The van der Waals surface area contributed by atoms with Gasteiger partial charge >= 0.3 is 0 Å². The number of likely N-dealkylation sites (tertiary alicyclic amines) is 1. The summed E-state index contributed by atoms with van der Waals surface area (Å²) in [4.78, 5) is 14.8. The first-order chi connectivity index (χ1) is 10.7. The van der Waals surface area contributed by atoms with E-state index in [0.717, 1.165) is 38.2 Å². The van der Waals surface area contributed by atoms with Gasteiger partial charge in [0.1, 0.15) is 6.33 Å². The summed E-state index contributed by atoms with van der Waals surface area (Å²) in [5, 5.41) is 3.82. The quantitative estimate of drug-likeness (QED) is 0.833. The van der Waals surface area contributed by atoms with Crippen molar-refractivity contribution in [2.45, 2.75) is 33.2 Å². The van der Waals surface area contributed by atoms with Crippen molar-refractivity contribution < 1.29 is 9.26 Å². The fourth-order valence-corrected chi connectivity index (χ4v) is 2.62. The molecule has 3 heterocycles. The average Bonchev–Trinajstić information content (AvgIpc) is 2.92. The highest BCUT2D eigenvalue weighted by Crippen LogP contribution is 2.20. The van der Waals surface area contributed by atoms with Crippen molar-refractivity contribution in [1.82, 2.24) is 25.0 Å². The summed E-state index contributed by atoms with van der Waals surface area (Å²) in [7, 11) is 0. The van der Waals surface area contributed by atoms with Crippen LogP contribution in [-0.4, -0.2) is 44.7 Å². The number of hydrogen-bond acceptors (Lipinski definition) is 7. The van der Waals surface area contributed by atoms with E-state index >= 15 is 0 Å². The third-order valence-corrected chi connectivity index (χ3v) is 3.88. The summed E-state index contributed by atoms with van der Waals surface area (Å²) in [6.07, 6.45) is 3.76. The van der Waals surface area contributed by atoms with E-state index in [1.165, 1.54) is 0 Å². The van der Waals surface area contributed by atoms with E-state index in [9.17, 15) is 0 Å². The van der Waals surface area contributed by atoms with Gasteiger partial charge in [-0.05, 0) is 45.7 Å². The lowest BCUT2D eigenvalue weighted by molar-refractivity contribution is 0.125. The molecule has 0 spiro atoms. The molecule has 7 heteroatoms. The molecule has 22 heavy (non-hydrogen) atoms. The zero-order valence-electron chi connectivity index (χ0n) is 13.0. The predicted molar refractivity (Wildman–Crippen MR) is 79.3 cm³/mol. The summed E-state index contributed by atoms with van der Waals surface area (Å²) in [6, 6.07) is 1.87. The first-order valence-electron chi connectivity index (χ1n) is 7.62. The molecule has 118 valence electrons. The Morgan fingerprint density at radius 2 is 2.09 bits per heavy atom. The van der Waals surface area contributed by atoms with Gasteiger partial charge in [-0.3, -0.25) is 4.90 Å². The minimum Gasteiger partial charge on any atom is -0.477 e. The van der Waals surface area contributed by atoms with Crippen LogP contribution in [0.2, 0.25) is 0 Å². The van der Waals surface area contributed by atoms with Gasteiger partial charge in [0.2, 0.25) is 11.8 Å². The smallest absolute Gasteiger partial charge is 0.240 e. The summed E-state index contributed by atoms with van der Waals surface area (Å²) >= 11 is 0. The van der Waals surface area contributed by atoms with Crippen molar-refractivity contribution in [2.24, 2.45) is 5.92 Å². The van der Waals surface area contributed by atoms with Crippen LogP contribution < -0.4 is 4.74 Å². The van der Waals surface area contributed by atoms with Crippen molar-refractivity contribution in [3.8, 4) is 5.88 Å². The molecule has 0 aliphatic carbocycles. The Morgan fingerprint density at radius 3 is 2.77 bits per heavy atom. The third kappa shape index (κ3) is 4.00. The molecular formula is C15H21N5O2. The van der Waals surface area contributed by atoms with E-state index in [1.807, 2.05) is 19.9 Å². The summed E-state index contributed by atoms with van der Waals surface area (Å²) in [5.41, 5.74) is 0.926. The molecule has 2 aromatic heterocycles. The van der Waals surface area contributed by atoms with Gasteiger partial charge in [-0.2, -0.15) is 4.98 Å². The van der Waals surface area contributed by atoms with E-state index in [1.54, 1.807) is 6.33 Å². The van der Waals surface area contributed by atoms with Crippen LogP contribution in [0.25, 0.3) is 0 Å². The van der Waals surface area contributed by atoms with Crippen molar-refractivity contribution in [1.29, 1.82) is 0 Å². The van der Waals surface area contributed by atoms with E-state index in [4.69, 9.17) is 9.26 Å². The molecule has 0 aromatic carbocycles. The second-order valence-electron chi connectivity index (χ2n) is 5.76. The second-order valence-corrected chi connectivity index (χ2v) is 5.76. The van der Waals surface area contributed by atoms with Gasteiger partial charge < -0.3 is 9.26 Å². The summed E-state index contributed by atoms with van der Waals surface area (Å²) < 4.78 is 10.9. The zero-order chi connectivity index (χ0) is 15.4. The molecule has 0 N–H and O–H groups in total. The van der Waals surface area contributed by atoms with E-state index in [0.29, 0.717) is 30.1 Å². The molecule has 0 amide bonds. The Hall–Kier alpha value is -2.02. The Bertz CT molecular complexity index is 607. The van der Waals surface area contributed by atoms with Gasteiger partial charge in [0.15, 0.2) is 5.82 Å². The molecule has 0 atom stereocenters. The number of aryl methyl sites for hydroxylation is 2. The second kappa shape index (κ2) is 6.83. The van der Waals surface area contributed by atoms with Gasteiger partial charge in [0, 0.05) is 11.8 Å². The SMILES string of the molecule is Cc1cc(OCC2CCN(Cc3nc(C)no3)CC2)ncn1. The fraction of sp³-hybridized carbons (Fsp3) is 0.600. The number of rotatable bonds is 5. The highest BCUT2D eigenvalue weighted by Gasteiger charge is 2.21. The van der Waals surface area contributed by atoms with E-state index in [2.05, 4.69) is 25.0 Å². The monoisotopic (exact) mass is 303 g/mol. The zero-order valence-corrected chi connectivity index (χ0v) is 13.0. The van der Waals surface area contributed by atoms with Gasteiger partial charge in [0.25, 0.3) is 0 Å². The van der Waals surface area contributed by atoms with Crippen molar-refractivity contribution in [3.63, 3.8) is 0 Å². The van der Waals surface area contributed by atoms with Crippen LogP contribution >= 0.6 is 0 Å². The van der Waals surface area contributed by atoms with Gasteiger partial charge in [0.05, 0.1) is 13.2 Å². The van der Waals surface area contributed by atoms with Crippen molar-refractivity contribution >= 4 is 0 Å². The molecule has 7 nitrogen and oxygen atoms in total. The molecule has 1 fully saturated rings. The predicted octanol–water partition coefficient (Wildman–Crippen LogP) is 1.77. The van der Waals surface area contributed by atoms with Gasteiger partial charge in [-0.15, -0.1) is 0 Å². The van der Waals surface area contributed by atoms with Crippen LogP contribution in [-0.2, 0) is 6.54 Å². The van der Waals surface area contributed by atoms with Crippen LogP contribution in [0.1, 0.15) is 30.3 Å². The van der Waals surface area contributed by atoms with E-state index in [-0.39, 0.29) is 0 Å². The largest absolute Gasteiger partial charge is 0.477 e. The standard InChI is InChI=1S/C15H21N5O2/c1-11-7-14(17-10-16-11)21-9-13-3-5-20(6-4-13)8-15-18-12(2)19-22-15/h7,10,13H,3-6,8-9H2,1-2H3. The molecule has 2 aromatic rings. The van der Waals surface area contributed by atoms with E-state index < -0.39 is 0 Å². The Kier molecular flexibility index (Phi) is 4.62. The lowest BCUT2D eigenvalue weighted by Crippen LogP contribution is -2.35. The van der Waals surface area contributed by atoms with Gasteiger partial charge in [-0.25, -0.2) is 9.97 Å². The first-order valence-corrected chi connectivity index (χ1v) is 7.62. The number of piperidine rings is 1. The molecule has 1 saturated heterocycles. The Labute approximate surface area is 129 Å². The van der Waals surface area contributed by atoms with Crippen LogP contribution in [0.3, 0.4) is 0 Å². The summed E-state index contributed by atoms with van der Waals surface area (Å²) in [5.74, 6) is 2.62. The topological polar surface area (TPSA) is 77.2 Å². The van der Waals surface area contributed by atoms with Crippen molar-refractivity contribution in [2.75, 3.05) is 19.7 Å². The molecule has 3 rings (SSSR count). The molecule has 0 radical (unpaired) electrons. The Morgan fingerprint density at radius 1 is 1.27 bits per heavy atom. The number of hydrogen-bond donors (Lipinski definition) is 0. The summed E-state index contributed by atoms with van der Waals surface area (Å²) in [6.45, 7) is 7.28. The minimum atomic E-state index is 0.566. The molecular weight excluding hydrogens is 282 g/mol. The lowest BCUT2D eigenvalue weighted by atomic mass is 9.98. The number of nitrogens with zero attached hydrogens (tertiary/aromatic N) is 5. The maximum atomic E-state index is 5.77. The molecule has 1 aliphatic heterocycles. The third-order valence-electron chi connectivity index (χ3n) is 3.88. The maximum Gasteiger partial charge on any atom is 0.240 e. The molecule has 1 aliphatic rings.